The van der Waals surface area contributed by atoms with Gasteiger partial charge in [0.15, 0.2) is 11.5 Å². The summed E-state index contributed by atoms with van der Waals surface area (Å²) in [5.74, 6) is 1.50. The summed E-state index contributed by atoms with van der Waals surface area (Å²) < 4.78 is 11.7. The van der Waals surface area contributed by atoms with Crippen LogP contribution in [0.25, 0.3) is 0 Å². The molecule has 1 saturated heterocycles. The van der Waals surface area contributed by atoms with Crippen molar-refractivity contribution in [2.24, 2.45) is 0 Å². The van der Waals surface area contributed by atoms with E-state index in [0.717, 1.165) is 54.5 Å². The van der Waals surface area contributed by atoms with E-state index in [0.29, 0.717) is 6.61 Å². The standard InChI is InChI=1S/C25H29N3O2/c1-19-8-10-22(27-17-19)25(28-14-12-26-13-15-28)21-9-11-23(24(16-21)29-2)30-18-20-6-4-3-5-7-20/h3-11,16-17,25-26H,12-15,18H2,1-2H3. The SMILES string of the molecule is COc1cc(C(c2ccc(C)cn2)N2CCNCC2)ccc1OCc1ccccc1. The topological polar surface area (TPSA) is 46.6 Å². The predicted octanol–water partition coefficient (Wildman–Crippen LogP) is 3.97. The largest absolute Gasteiger partial charge is 0.493 e. The summed E-state index contributed by atoms with van der Waals surface area (Å²) in [7, 11) is 1.69. The lowest BCUT2D eigenvalue weighted by atomic mass is 9.99. The number of rotatable bonds is 7. The highest BCUT2D eigenvalue weighted by Gasteiger charge is 2.26. The van der Waals surface area contributed by atoms with Gasteiger partial charge in [-0.05, 0) is 41.8 Å². The van der Waals surface area contributed by atoms with E-state index in [1.54, 1.807) is 7.11 Å². The Hall–Kier alpha value is -2.89. The Bertz CT molecular complexity index is 938. The summed E-state index contributed by atoms with van der Waals surface area (Å²) in [5.41, 5.74) is 4.52. The molecule has 0 spiro atoms. The lowest BCUT2D eigenvalue weighted by Gasteiger charge is -2.35. The number of hydrogen-bond acceptors (Lipinski definition) is 5. The number of aryl methyl sites for hydroxylation is 1. The molecule has 30 heavy (non-hydrogen) atoms. The minimum Gasteiger partial charge on any atom is -0.493 e. The normalized spacial score (nSPS) is 15.5. The fourth-order valence-electron chi connectivity index (χ4n) is 3.86. The van der Waals surface area contributed by atoms with Crippen molar-refractivity contribution in [1.29, 1.82) is 0 Å². The summed E-state index contributed by atoms with van der Waals surface area (Å²) in [4.78, 5) is 7.23. The van der Waals surface area contributed by atoms with Crippen LogP contribution in [-0.2, 0) is 6.61 Å². The zero-order valence-electron chi connectivity index (χ0n) is 17.7. The summed E-state index contributed by atoms with van der Waals surface area (Å²) in [6, 6.07) is 20.8. The van der Waals surface area contributed by atoms with Gasteiger partial charge in [-0.15, -0.1) is 0 Å². The molecule has 1 aliphatic rings. The first-order chi connectivity index (χ1) is 14.7. The molecule has 3 aromatic rings. The minimum absolute atomic E-state index is 0.0878. The van der Waals surface area contributed by atoms with Crippen molar-refractivity contribution < 1.29 is 9.47 Å². The highest BCUT2D eigenvalue weighted by Crippen LogP contribution is 2.35. The summed E-state index contributed by atoms with van der Waals surface area (Å²) in [5, 5.41) is 3.44. The van der Waals surface area contributed by atoms with Gasteiger partial charge in [0.1, 0.15) is 6.61 Å². The number of nitrogens with zero attached hydrogens (tertiary/aromatic N) is 2. The highest BCUT2D eigenvalue weighted by atomic mass is 16.5. The van der Waals surface area contributed by atoms with Crippen molar-refractivity contribution in [2.75, 3.05) is 33.3 Å². The maximum absolute atomic E-state index is 6.05. The second-order valence-electron chi connectivity index (χ2n) is 7.63. The van der Waals surface area contributed by atoms with Crippen molar-refractivity contribution in [2.45, 2.75) is 19.6 Å². The van der Waals surface area contributed by atoms with Crippen LogP contribution in [0.5, 0.6) is 11.5 Å². The van der Waals surface area contributed by atoms with Crippen LogP contribution in [0.15, 0.2) is 66.9 Å². The number of benzene rings is 2. The first kappa shape index (κ1) is 20.4. The fraction of sp³-hybridized carbons (Fsp3) is 0.320. The molecule has 0 amide bonds. The first-order valence-corrected chi connectivity index (χ1v) is 10.5. The van der Waals surface area contributed by atoms with Crippen LogP contribution >= 0.6 is 0 Å². The Morgan fingerprint density at radius 3 is 2.50 bits per heavy atom. The van der Waals surface area contributed by atoms with Crippen molar-refractivity contribution in [3.05, 3.63) is 89.2 Å². The molecule has 2 heterocycles. The number of ether oxygens (including phenoxy) is 2. The van der Waals surface area contributed by atoms with Gasteiger partial charge in [0, 0.05) is 32.4 Å². The number of methoxy groups -OCH3 is 1. The van der Waals surface area contributed by atoms with E-state index in [-0.39, 0.29) is 6.04 Å². The Morgan fingerprint density at radius 1 is 1.00 bits per heavy atom. The van der Waals surface area contributed by atoms with Gasteiger partial charge in [-0.25, -0.2) is 0 Å². The molecule has 2 aromatic carbocycles. The van der Waals surface area contributed by atoms with E-state index in [4.69, 9.17) is 14.5 Å². The van der Waals surface area contributed by atoms with E-state index in [1.807, 2.05) is 30.5 Å². The Labute approximate surface area is 178 Å². The summed E-state index contributed by atoms with van der Waals surface area (Å²) in [6.45, 7) is 6.51. The number of pyridine rings is 1. The van der Waals surface area contributed by atoms with Crippen LogP contribution in [0.2, 0.25) is 0 Å². The van der Waals surface area contributed by atoms with Crippen molar-refractivity contribution in [3.8, 4) is 11.5 Å². The summed E-state index contributed by atoms with van der Waals surface area (Å²) in [6.07, 6.45) is 1.94. The molecule has 1 fully saturated rings. The monoisotopic (exact) mass is 403 g/mol. The molecule has 0 aliphatic carbocycles. The van der Waals surface area contributed by atoms with Crippen LogP contribution in [0, 0.1) is 6.92 Å². The Kier molecular flexibility index (Phi) is 6.62. The first-order valence-electron chi connectivity index (χ1n) is 10.5. The maximum atomic E-state index is 6.05. The molecule has 0 bridgehead atoms. The smallest absolute Gasteiger partial charge is 0.161 e. The van der Waals surface area contributed by atoms with E-state index in [2.05, 4.69) is 53.5 Å². The van der Waals surface area contributed by atoms with Crippen LogP contribution in [0.4, 0.5) is 0 Å². The average molecular weight is 404 g/mol. The van der Waals surface area contributed by atoms with Crippen molar-refractivity contribution in [3.63, 3.8) is 0 Å². The molecule has 1 atom stereocenters. The van der Waals surface area contributed by atoms with Crippen molar-refractivity contribution >= 4 is 0 Å². The van der Waals surface area contributed by atoms with Crippen LogP contribution in [0.1, 0.15) is 28.4 Å². The lowest BCUT2D eigenvalue weighted by molar-refractivity contribution is 0.195. The number of piperazine rings is 1. The van der Waals surface area contributed by atoms with Crippen molar-refractivity contribution in [1.82, 2.24) is 15.2 Å². The molecule has 1 aliphatic heterocycles. The third kappa shape index (κ3) is 4.81. The maximum Gasteiger partial charge on any atom is 0.161 e. The summed E-state index contributed by atoms with van der Waals surface area (Å²) >= 11 is 0. The predicted molar refractivity (Wildman–Crippen MR) is 119 cm³/mol. The zero-order valence-corrected chi connectivity index (χ0v) is 17.7. The molecule has 4 rings (SSSR count). The quantitative estimate of drug-likeness (QED) is 0.647. The van der Waals surface area contributed by atoms with Crippen LogP contribution in [0.3, 0.4) is 0 Å². The molecule has 1 unspecified atom stereocenters. The van der Waals surface area contributed by atoms with Gasteiger partial charge in [-0.3, -0.25) is 9.88 Å². The number of nitrogens with one attached hydrogen (secondary N) is 1. The number of hydrogen-bond donors (Lipinski definition) is 1. The fourth-order valence-corrected chi connectivity index (χ4v) is 3.86. The van der Waals surface area contributed by atoms with Gasteiger partial charge in [0.05, 0.1) is 18.8 Å². The third-order valence-corrected chi connectivity index (χ3v) is 5.47. The highest BCUT2D eigenvalue weighted by molar-refractivity contribution is 5.45. The second kappa shape index (κ2) is 9.74. The number of aromatic nitrogens is 1. The second-order valence-corrected chi connectivity index (χ2v) is 7.63. The van der Waals surface area contributed by atoms with Gasteiger partial charge < -0.3 is 14.8 Å². The Balaban J connectivity index is 1.62. The van der Waals surface area contributed by atoms with E-state index in [9.17, 15) is 0 Å². The molecule has 0 saturated carbocycles. The molecule has 5 nitrogen and oxygen atoms in total. The lowest BCUT2D eigenvalue weighted by Crippen LogP contribution is -2.45. The average Bonchev–Trinajstić information content (AvgIpc) is 2.81. The third-order valence-electron chi connectivity index (χ3n) is 5.47. The van der Waals surface area contributed by atoms with Gasteiger partial charge >= 0.3 is 0 Å². The molecular weight excluding hydrogens is 374 g/mol. The molecule has 1 N–H and O–H groups in total. The van der Waals surface area contributed by atoms with E-state index < -0.39 is 0 Å². The van der Waals surface area contributed by atoms with Crippen LogP contribution < -0.4 is 14.8 Å². The van der Waals surface area contributed by atoms with Gasteiger partial charge in [-0.2, -0.15) is 0 Å². The van der Waals surface area contributed by atoms with E-state index >= 15 is 0 Å². The Morgan fingerprint density at radius 2 is 1.80 bits per heavy atom. The van der Waals surface area contributed by atoms with Gasteiger partial charge in [-0.1, -0.05) is 42.5 Å². The molecule has 1 aromatic heterocycles. The zero-order chi connectivity index (χ0) is 20.8. The molecular formula is C25H29N3O2. The molecule has 156 valence electrons. The van der Waals surface area contributed by atoms with E-state index in [1.165, 1.54) is 5.56 Å². The van der Waals surface area contributed by atoms with Crippen LogP contribution in [-0.4, -0.2) is 43.2 Å². The minimum atomic E-state index is 0.0878. The van der Waals surface area contributed by atoms with Gasteiger partial charge in [0.25, 0.3) is 0 Å². The molecule has 0 radical (unpaired) electrons. The molecule has 5 heteroatoms. The van der Waals surface area contributed by atoms with Gasteiger partial charge in [0.2, 0.25) is 0 Å².